The second kappa shape index (κ2) is 6.03. The highest BCUT2D eigenvalue weighted by Gasteiger charge is 2.28. The molecular formula is C18H24N2O2. The number of H-pyrrole nitrogens is 1. The molecule has 1 amide bonds. The van der Waals surface area contributed by atoms with Crippen molar-refractivity contribution >= 4 is 16.8 Å². The summed E-state index contributed by atoms with van der Waals surface area (Å²) in [6, 6.07) is 6.32. The van der Waals surface area contributed by atoms with Crippen LogP contribution >= 0.6 is 0 Å². The number of methoxy groups -OCH3 is 1. The summed E-state index contributed by atoms with van der Waals surface area (Å²) in [6.07, 6.45) is 3.59. The molecule has 0 fully saturated rings. The Labute approximate surface area is 131 Å². The number of fused-ring (bicyclic) bond motifs is 3. The number of nitrogens with one attached hydrogen (secondary N) is 2. The molecule has 1 aliphatic rings. The molecule has 3 rings (SSSR count). The molecule has 4 nitrogen and oxygen atoms in total. The largest absolute Gasteiger partial charge is 0.497 e. The molecule has 4 heteroatoms. The Balaban J connectivity index is 1.77. The highest BCUT2D eigenvalue weighted by Crippen LogP contribution is 2.32. The molecule has 0 bridgehead atoms. The summed E-state index contributed by atoms with van der Waals surface area (Å²) < 4.78 is 5.32. The third-order valence-corrected chi connectivity index (χ3v) is 4.81. The minimum atomic E-state index is 0.135. The second-order valence-electron chi connectivity index (χ2n) is 6.12. The summed E-state index contributed by atoms with van der Waals surface area (Å²) >= 11 is 0. The van der Waals surface area contributed by atoms with Crippen LogP contribution in [0.15, 0.2) is 18.2 Å². The molecule has 0 radical (unpaired) electrons. The fourth-order valence-corrected chi connectivity index (χ4v) is 3.46. The van der Waals surface area contributed by atoms with Crippen LogP contribution in [0.4, 0.5) is 0 Å². The summed E-state index contributed by atoms with van der Waals surface area (Å²) in [5, 5.41) is 4.43. The molecule has 2 N–H and O–H groups in total. The van der Waals surface area contributed by atoms with Crippen molar-refractivity contribution in [3.8, 4) is 5.75 Å². The third-order valence-electron chi connectivity index (χ3n) is 4.81. The van der Waals surface area contributed by atoms with Crippen molar-refractivity contribution in [3.05, 3.63) is 29.5 Å². The molecule has 0 aliphatic heterocycles. The predicted octanol–water partition coefficient (Wildman–Crippen LogP) is 3.20. The third kappa shape index (κ3) is 2.58. The highest BCUT2D eigenvalue weighted by atomic mass is 16.5. The van der Waals surface area contributed by atoms with Crippen LogP contribution in [0.5, 0.6) is 5.75 Å². The normalized spacial score (nSPS) is 17.0. The van der Waals surface area contributed by atoms with E-state index >= 15 is 0 Å². The number of hydrogen-bond donors (Lipinski definition) is 2. The topological polar surface area (TPSA) is 54.1 Å². The molecule has 1 aliphatic carbocycles. The van der Waals surface area contributed by atoms with Gasteiger partial charge in [-0.3, -0.25) is 4.79 Å². The maximum atomic E-state index is 12.3. The first kappa shape index (κ1) is 14.9. The number of hydrogen-bond acceptors (Lipinski definition) is 2. The molecule has 22 heavy (non-hydrogen) atoms. The predicted molar refractivity (Wildman–Crippen MR) is 88.3 cm³/mol. The Hall–Kier alpha value is -1.97. The maximum absolute atomic E-state index is 12.3. The Morgan fingerprint density at radius 3 is 2.82 bits per heavy atom. The van der Waals surface area contributed by atoms with Gasteiger partial charge >= 0.3 is 0 Å². The van der Waals surface area contributed by atoms with Crippen LogP contribution in [0.2, 0.25) is 0 Å². The Kier molecular flexibility index (Phi) is 4.10. The van der Waals surface area contributed by atoms with E-state index in [1.807, 2.05) is 6.07 Å². The van der Waals surface area contributed by atoms with Gasteiger partial charge < -0.3 is 15.0 Å². The zero-order valence-corrected chi connectivity index (χ0v) is 13.5. The molecule has 118 valence electrons. The number of ether oxygens (including phenoxy) is 1. The van der Waals surface area contributed by atoms with Gasteiger partial charge in [0.15, 0.2) is 0 Å². The van der Waals surface area contributed by atoms with Crippen LogP contribution in [-0.2, 0) is 17.6 Å². The lowest BCUT2D eigenvalue weighted by atomic mass is 10.0. The summed E-state index contributed by atoms with van der Waals surface area (Å²) in [4.78, 5) is 15.7. The number of carbonyl (C=O) groups is 1. The van der Waals surface area contributed by atoms with Crippen LogP contribution in [-0.4, -0.2) is 24.0 Å². The van der Waals surface area contributed by atoms with Gasteiger partial charge in [0.2, 0.25) is 5.91 Å². The Morgan fingerprint density at radius 2 is 2.14 bits per heavy atom. The lowest BCUT2D eigenvalue weighted by Crippen LogP contribution is -2.39. The van der Waals surface area contributed by atoms with Crippen molar-refractivity contribution in [1.82, 2.24) is 10.3 Å². The van der Waals surface area contributed by atoms with E-state index in [1.165, 1.54) is 16.6 Å². The fraction of sp³-hybridized carbons (Fsp3) is 0.500. The number of benzene rings is 1. The lowest BCUT2D eigenvalue weighted by Gasteiger charge is -2.17. The monoisotopic (exact) mass is 300 g/mol. The SMILES string of the molecule is CCC(CC)C(=O)NC1Cc2[nH]c3ccc(OC)cc3c2C1. The van der Waals surface area contributed by atoms with Gasteiger partial charge in [-0.2, -0.15) is 0 Å². The van der Waals surface area contributed by atoms with E-state index in [9.17, 15) is 4.79 Å². The summed E-state index contributed by atoms with van der Waals surface area (Å²) in [7, 11) is 1.69. The molecule has 1 heterocycles. The summed E-state index contributed by atoms with van der Waals surface area (Å²) in [6.45, 7) is 4.15. The molecule has 1 aromatic heterocycles. The van der Waals surface area contributed by atoms with Crippen LogP contribution in [0.1, 0.15) is 37.9 Å². The minimum absolute atomic E-state index is 0.135. The van der Waals surface area contributed by atoms with Crippen LogP contribution in [0, 0.1) is 5.92 Å². The molecule has 1 unspecified atom stereocenters. The average Bonchev–Trinajstić information content (AvgIpc) is 3.05. The van der Waals surface area contributed by atoms with Crippen molar-refractivity contribution in [2.75, 3.05) is 7.11 Å². The van der Waals surface area contributed by atoms with E-state index < -0.39 is 0 Å². The van der Waals surface area contributed by atoms with Crippen LogP contribution in [0.25, 0.3) is 10.9 Å². The molecule has 1 aromatic carbocycles. The molecule has 0 saturated carbocycles. The number of aromatic amines is 1. The number of carbonyl (C=O) groups excluding carboxylic acids is 1. The molecule has 1 atom stereocenters. The Morgan fingerprint density at radius 1 is 1.36 bits per heavy atom. The first-order valence-corrected chi connectivity index (χ1v) is 8.14. The van der Waals surface area contributed by atoms with Gasteiger partial charge in [-0.05, 0) is 43.0 Å². The van der Waals surface area contributed by atoms with E-state index in [-0.39, 0.29) is 17.9 Å². The lowest BCUT2D eigenvalue weighted by molar-refractivity contribution is -0.125. The van der Waals surface area contributed by atoms with Crippen LogP contribution in [0.3, 0.4) is 0 Å². The van der Waals surface area contributed by atoms with Gasteiger partial charge in [0.1, 0.15) is 5.75 Å². The smallest absolute Gasteiger partial charge is 0.223 e. The summed E-state index contributed by atoms with van der Waals surface area (Å²) in [5.41, 5.74) is 3.72. The van der Waals surface area contributed by atoms with E-state index in [2.05, 4.69) is 36.3 Å². The first-order valence-electron chi connectivity index (χ1n) is 8.14. The maximum Gasteiger partial charge on any atom is 0.223 e. The van der Waals surface area contributed by atoms with Gasteiger partial charge in [-0.1, -0.05) is 13.8 Å². The average molecular weight is 300 g/mol. The zero-order chi connectivity index (χ0) is 15.7. The fourth-order valence-electron chi connectivity index (χ4n) is 3.46. The van der Waals surface area contributed by atoms with E-state index in [4.69, 9.17) is 4.74 Å². The summed E-state index contributed by atoms with van der Waals surface area (Å²) in [5.74, 6) is 1.21. The number of amides is 1. The van der Waals surface area contributed by atoms with Gasteiger partial charge in [0.25, 0.3) is 0 Å². The molecule has 0 spiro atoms. The van der Waals surface area contributed by atoms with Gasteiger partial charge in [0.05, 0.1) is 7.11 Å². The van der Waals surface area contributed by atoms with Gasteiger partial charge in [-0.25, -0.2) is 0 Å². The van der Waals surface area contributed by atoms with Crippen molar-refractivity contribution in [3.63, 3.8) is 0 Å². The van der Waals surface area contributed by atoms with Crippen molar-refractivity contribution in [2.24, 2.45) is 5.92 Å². The standard InChI is InChI=1S/C18H24N2O2/c1-4-11(5-2)18(21)19-12-8-14-15-10-13(22-3)6-7-16(15)20-17(14)9-12/h6-7,10-12,20H,4-5,8-9H2,1-3H3,(H,19,21). The van der Waals surface area contributed by atoms with Crippen molar-refractivity contribution < 1.29 is 9.53 Å². The molecule has 0 saturated heterocycles. The highest BCUT2D eigenvalue weighted by molar-refractivity contribution is 5.87. The second-order valence-corrected chi connectivity index (χ2v) is 6.12. The number of aromatic nitrogens is 1. The Bertz CT molecular complexity index is 686. The zero-order valence-electron chi connectivity index (χ0n) is 13.5. The van der Waals surface area contributed by atoms with Crippen LogP contribution < -0.4 is 10.1 Å². The van der Waals surface area contributed by atoms with E-state index in [1.54, 1.807) is 7.11 Å². The van der Waals surface area contributed by atoms with Gasteiger partial charge in [0, 0.05) is 35.0 Å². The quantitative estimate of drug-likeness (QED) is 0.891. The minimum Gasteiger partial charge on any atom is -0.497 e. The van der Waals surface area contributed by atoms with E-state index in [0.29, 0.717) is 0 Å². The molecular weight excluding hydrogens is 276 g/mol. The van der Waals surface area contributed by atoms with Gasteiger partial charge in [-0.15, -0.1) is 0 Å². The molecule has 2 aromatic rings. The number of rotatable bonds is 5. The van der Waals surface area contributed by atoms with Crippen molar-refractivity contribution in [2.45, 2.75) is 45.6 Å². The first-order chi connectivity index (χ1) is 10.7. The van der Waals surface area contributed by atoms with E-state index in [0.717, 1.165) is 36.9 Å². The van der Waals surface area contributed by atoms with Crippen molar-refractivity contribution in [1.29, 1.82) is 0 Å².